The summed E-state index contributed by atoms with van der Waals surface area (Å²) in [7, 11) is 0. The third kappa shape index (κ3) is 3.16. The van der Waals surface area contributed by atoms with Crippen molar-refractivity contribution in [2.24, 2.45) is 0 Å². The Morgan fingerprint density at radius 1 is 1.37 bits per heavy atom. The summed E-state index contributed by atoms with van der Waals surface area (Å²) in [6, 6.07) is 5.87. The van der Waals surface area contributed by atoms with E-state index in [9.17, 15) is 10.1 Å². The van der Waals surface area contributed by atoms with E-state index < -0.39 is 4.92 Å². The summed E-state index contributed by atoms with van der Waals surface area (Å²) in [5, 5.41) is 10.6. The monoisotopic (exact) mass is 324 g/mol. The maximum absolute atomic E-state index is 10.6. The zero-order valence-corrected chi connectivity index (χ0v) is 11.4. The minimum absolute atomic E-state index is 0.000440. The van der Waals surface area contributed by atoms with Crippen LogP contribution in [0, 0.1) is 17.0 Å². The van der Waals surface area contributed by atoms with E-state index in [2.05, 4.69) is 25.9 Å². The second-order valence-corrected chi connectivity index (χ2v) is 4.52. The number of nitro benzene ring substituents is 1. The Bertz CT molecular complexity index is 628. The van der Waals surface area contributed by atoms with E-state index in [0.29, 0.717) is 15.9 Å². The summed E-state index contributed by atoms with van der Waals surface area (Å²) in [5.41, 5.74) is 6.17. The van der Waals surface area contributed by atoms with Gasteiger partial charge in [-0.3, -0.25) is 10.1 Å². The lowest BCUT2D eigenvalue weighted by molar-refractivity contribution is -0.384. The number of nitro groups is 1. The number of nitrogen functional groups attached to an aromatic ring is 1. The zero-order chi connectivity index (χ0) is 14.0. The van der Waals surface area contributed by atoms with Crippen LogP contribution < -0.4 is 10.5 Å². The van der Waals surface area contributed by atoms with E-state index in [1.807, 2.05) is 0 Å². The average molecular weight is 325 g/mol. The number of benzene rings is 1. The van der Waals surface area contributed by atoms with Crippen molar-refractivity contribution in [2.75, 3.05) is 5.73 Å². The molecule has 1 aromatic heterocycles. The number of nitrogens with zero attached hydrogens (tertiary/aromatic N) is 3. The highest BCUT2D eigenvalue weighted by atomic mass is 79.9. The summed E-state index contributed by atoms with van der Waals surface area (Å²) in [4.78, 5) is 18.1. The molecule has 0 aliphatic heterocycles. The van der Waals surface area contributed by atoms with E-state index in [4.69, 9.17) is 10.5 Å². The second kappa shape index (κ2) is 5.19. The van der Waals surface area contributed by atoms with Crippen molar-refractivity contribution in [2.45, 2.75) is 6.92 Å². The van der Waals surface area contributed by atoms with Gasteiger partial charge in [0.1, 0.15) is 16.2 Å². The first-order chi connectivity index (χ1) is 8.95. The quantitative estimate of drug-likeness (QED) is 0.528. The molecular formula is C11H9BrN4O3. The summed E-state index contributed by atoms with van der Waals surface area (Å²) in [6.07, 6.45) is 0. The lowest BCUT2D eigenvalue weighted by Crippen LogP contribution is -1.98. The molecule has 0 unspecified atom stereocenters. The van der Waals surface area contributed by atoms with E-state index in [1.165, 1.54) is 24.3 Å². The van der Waals surface area contributed by atoms with Crippen LogP contribution in [0.2, 0.25) is 0 Å². The standard InChI is InChI=1S/C11H9BrN4O3/c1-6-4-7(16(17)18)2-3-8(6)19-11-14-9(12)5-10(13)15-11/h2-5H,1H3,(H2,13,14,15). The fourth-order valence-electron chi connectivity index (χ4n) is 1.42. The SMILES string of the molecule is Cc1cc([N+](=O)[O-])ccc1Oc1nc(N)cc(Br)n1. The van der Waals surface area contributed by atoms with Crippen LogP contribution in [0.15, 0.2) is 28.9 Å². The molecule has 0 fully saturated rings. The minimum Gasteiger partial charge on any atom is -0.424 e. The largest absolute Gasteiger partial charge is 0.424 e. The van der Waals surface area contributed by atoms with Crippen LogP contribution in [0.5, 0.6) is 11.8 Å². The van der Waals surface area contributed by atoms with Gasteiger partial charge >= 0.3 is 6.01 Å². The first-order valence-electron chi connectivity index (χ1n) is 5.18. The van der Waals surface area contributed by atoms with Gasteiger partial charge in [0.25, 0.3) is 5.69 Å². The van der Waals surface area contributed by atoms with Gasteiger partial charge in [-0.15, -0.1) is 0 Å². The van der Waals surface area contributed by atoms with Crippen LogP contribution in [0.4, 0.5) is 11.5 Å². The predicted octanol–water partition coefficient (Wildman–Crippen LogP) is 2.83. The van der Waals surface area contributed by atoms with Gasteiger partial charge in [-0.05, 0) is 34.5 Å². The molecule has 0 amide bonds. The smallest absolute Gasteiger partial charge is 0.325 e. The Hall–Kier alpha value is -2.22. The van der Waals surface area contributed by atoms with Crippen LogP contribution >= 0.6 is 15.9 Å². The third-order valence-corrected chi connectivity index (χ3v) is 2.67. The second-order valence-electron chi connectivity index (χ2n) is 3.71. The molecule has 0 saturated carbocycles. The lowest BCUT2D eigenvalue weighted by Gasteiger charge is -2.07. The molecular weight excluding hydrogens is 316 g/mol. The van der Waals surface area contributed by atoms with Crippen molar-refractivity contribution in [1.29, 1.82) is 0 Å². The summed E-state index contributed by atoms with van der Waals surface area (Å²) in [5.74, 6) is 0.694. The number of rotatable bonds is 3. The maximum atomic E-state index is 10.6. The molecule has 8 heteroatoms. The van der Waals surface area contributed by atoms with Crippen molar-refractivity contribution >= 4 is 27.4 Å². The van der Waals surface area contributed by atoms with Crippen LogP contribution in [-0.4, -0.2) is 14.9 Å². The number of halogens is 1. The fourth-order valence-corrected chi connectivity index (χ4v) is 1.81. The molecule has 2 N–H and O–H groups in total. The molecule has 98 valence electrons. The van der Waals surface area contributed by atoms with Crippen molar-refractivity contribution in [3.05, 3.63) is 44.5 Å². The van der Waals surface area contributed by atoms with E-state index in [-0.39, 0.29) is 17.5 Å². The number of hydrogen-bond donors (Lipinski definition) is 1. The Kier molecular flexibility index (Phi) is 3.61. The normalized spacial score (nSPS) is 10.2. The molecule has 0 spiro atoms. The molecule has 19 heavy (non-hydrogen) atoms. The number of hydrogen-bond acceptors (Lipinski definition) is 6. The summed E-state index contributed by atoms with van der Waals surface area (Å²) >= 11 is 3.18. The molecule has 7 nitrogen and oxygen atoms in total. The number of aryl methyl sites for hydroxylation is 1. The Labute approximate surface area is 116 Å². The van der Waals surface area contributed by atoms with Crippen LogP contribution in [-0.2, 0) is 0 Å². The maximum Gasteiger partial charge on any atom is 0.325 e. The van der Waals surface area contributed by atoms with Crippen LogP contribution in [0.3, 0.4) is 0 Å². The van der Waals surface area contributed by atoms with Gasteiger partial charge < -0.3 is 10.5 Å². The van der Waals surface area contributed by atoms with Crippen molar-refractivity contribution in [3.8, 4) is 11.8 Å². The van der Waals surface area contributed by atoms with Crippen LogP contribution in [0.25, 0.3) is 0 Å². The highest BCUT2D eigenvalue weighted by Gasteiger charge is 2.11. The zero-order valence-electron chi connectivity index (χ0n) is 9.83. The topological polar surface area (TPSA) is 104 Å². The Morgan fingerprint density at radius 3 is 2.68 bits per heavy atom. The van der Waals surface area contributed by atoms with Gasteiger partial charge in [-0.1, -0.05) is 0 Å². The highest BCUT2D eigenvalue weighted by Crippen LogP contribution is 2.27. The van der Waals surface area contributed by atoms with E-state index in [0.717, 1.165) is 0 Å². The lowest BCUT2D eigenvalue weighted by atomic mass is 10.2. The molecule has 1 aromatic carbocycles. The number of non-ortho nitro benzene ring substituents is 1. The highest BCUT2D eigenvalue weighted by molar-refractivity contribution is 9.10. The first-order valence-corrected chi connectivity index (χ1v) is 5.98. The summed E-state index contributed by atoms with van der Waals surface area (Å²) < 4.78 is 5.95. The predicted molar refractivity (Wildman–Crippen MR) is 72.1 cm³/mol. The van der Waals surface area contributed by atoms with Gasteiger partial charge in [-0.2, -0.15) is 9.97 Å². The first kappa shape index (κ1) is 13.2. The molecule has 0 atom stereocenters. The fraction of sp³-hybridized carbons (Fsp3) is 0.0909. The van der Waals surface area contributed by atoms with Gasteiger partial charge in [0.15, 0.2) is 0 Å². The van der Waals surface area contributed by atoms with Gasteiger partial charge in [0.05, 0.1) is 4.92 Å². The molecule has 2 rings (SSSR count). The third-order valence-electron chi connectivity index (χ3n) is 2.26. The molecule has 0 aliphatic rings. The van der Waals surface area contributed by atoms with E-state index in [1.54, 1.807) is 6.92 Å². The molecule has 1 heterocycles. The van der Waals surface area contributed by atoms with Crippen molar-refractivity contribution in [3.63, 3.8) is 0 Å². The number of anilines is 1. The Morgan fingerprint density at radius 2 is 2.11 bits per heavy atom. The molecule has 0 radical (unpaired) electrons. The van der Waals surface area contributed by atoms with Crippen molar-refractivity contribution in [1.82, 2.24) is 9.97 Å². The summed E-state index contributed by atoms with van der Waals surface area (Å²) in [6.45, 7) is 1.70. The molecule has 0 bridgehead atoms. The molecule has 0 aliphatic carbocycles. The van der Waals surface area contributed by atoms with Crippen molar-refractivity contribution < 1.29 is 9.66 Å². The van der Waals surface area contributed by atoms with E-state index >= 15 is 0 Å². The average Bonchev–Trinajstić information content (AvgIpc) is 2.30. The number of aromatic nitrogens is 2. The van der Waals surface area contributed by atoms with Crippen LogP contribution in [0.1, 0.15) is 5.56 Å². The number of nitrogens with two attached hydrogens (primary N) is 1. The Balaban J connectivity index is 2.30. The molecule has 2 aromatic rings. The minimum atomic E-state index is -0.468. The van der Waals surface area contributed by atoms with Gasteiger partial charge in [0, 0.05) is 18.2 Å². The van der Waals surface area contributed by atoms with Gasteiger partial charge in [-0.25, -0.2) is 0 Å². The molecule has 0 saturated heterocycles. The number of ether oxygens (including phenoxy) is 1. The van der Waals surface area contributed by atoms with Gasteiger partial charge in [0.2, 0.25) is 0 Å².